The number of hydroxylamine groups is 1. The van der Waals surface area contributed by atoms with Crippen LogP contribution in [-0.2, 0) is 4.74 Å². The lowest BCUT2D eigenvalue weighted by Gasteiger charge is -2.39. The van der Waals surface area contributed by atoms with Gasteiger partial charge in [-0.25, -0.2) is 10.5 Å². The number of anilines is 2. The maximum Gasteiger partial charge on any atom is 0.278 e. The van der Waals surface area contributed by atoms with Crippen LogP contribution >= 0.6 is 0 Å². The van der Waals surface area contributed by atoms with Crippen molar-refractivity contribution in [3.8, 4) is 11.5 Å². The first kappa shape index (κ1) is 48.5. The number of aromatic nitrogens is 2. The number of allylic oxidation sites excluding steroid dienone is 1. The highest BCUT2D eigenvalue weighted by Gasteiger charge is 2.29. The van der Waals surface area contributed by atoms with E-state index in [-0.39, 0.29) is 5.56 Å². The maximum absolute atomic E-state index is 12.4. The van der Waals surface area contributed by atoms with Crippen molar-refractivity contribution in [2.24, 2.45) is 16.5 Å². The van der Waals surface area contributed by atoms with E-state index in [0.29, 0.717) is 28.5 Å². The predicted molar refractivity (Wildman–Crippen MR) is 258 cm³/mol. The van der Waals surface area contributed by atoms with Crippen molar-refractivity contribution in [1.82, 2.24) is 20.3 Å². The van der Waals surface area contributed by atoms with Crippen LogP contribution in [0.2, 0.25) is 0 Å². The number of benzene rings is 3. The van der Waals surface area contributed by atoms with Crippen LogP contribution in [-0.4, -0.2) is 78.5 Å². The van der Waals surface area contributed by atoms with E-state index in [1.807, 2.05) is 77.2 Å². The Bertz CT molecular complexity index is 2250. The van der Waals surface area contributed by atoms with E-state index < -0.39 is 5.91 Å². The average Bonchev–Trinajstić information content (AvgIpc) is 3.79. The number of amides is 1. The van der Waals surface area contributed by atoms with Crippen LogP contribution in [0.1, 0.15) is 101 Å². The molecule has 0 atom stereocenters. The number of hydrogen-bond donors (Lipinski definition) is 4. The fourth-order valence-corrected chi connectivity index (χ4v) is 8.22. The van der Waals surface area contributed by atoms with Gasteiger partial charge in [-0.3, -0.25) is 14.9 Å². The quantitative estimate of drug-likeness (QED) is 0.0579. The molecule has 338 valence electrons. The van der Waals surface area contributed by atoms with Gasteiger partial charge in [-0.2, -0.15) is 0 Å². The summed E-state index contributed by atoms with van der Waals surface area (Å²) in [6, 6.07) is 24.0. The van der Waals surface area contributed by atoms with Crippen molar-refractivity contribution in [1.29, 1.82) is 0 Å². The van der Waals surface area contributed by atoms with Crippen molar-refractivity contribution in [3.63, 3.8) is 0 Å². The summed E-state index contributed by atoms with van der Waals surface area (Å²) in [7, 11) is 0. The van der Waals surface area contributed by atoms with Gasteiger partial charge < -0.3 is 24.7 Å². The van der Waals surface area contributed by atoms with Gasteiger partial charge in [0, 0.05) is 75.8 Å². The maximum atomic E-state index is 12.4. The molecule has 0 radical (unpaired) electrons. The van der Waals surface area contributed by atoms with E-state index in [2.05, 4.69) is 75.3 Å². The van der Waals surface area contributed by atoms with Gasteiger partial charge in [0.15, 0.2) is 0 Å². The number of H-pyrrole nitrogens is 1. The standard InChI is InChI=1S/C34H39N5O3.C13H18N2O2.2C2H6/c1-23-4-6-24(7-5-23)30-20-34(2,3)12-10-26(30)22-38-14-16-39(17-15-38)27-8-9-29(33(40)37-41)31(19-27)42-28-18-25-11-13-35-32(25)36-21-28;1-10-2-3-12(13(8-10)15-16)14-9-11-4-6-17-7-5-11;2*1-2/h4-9,11,13,18-19,21,41H,10,12,14-17,20,22H2,1-3H3,(H,35,36)(H,37,40);2-3,8,11,14H,4-7,9H2,1H3;2*1-2H3. The zero-order chi connectivity index (χ0) is 45.4. The van der Waals surface area contributed by atoms with E-state index in [1.165, 1.54) is 23.1 Å². The van der Waals surface area contributed by atoms with Gasteiger partial charge in [0.2, 0.25) is 0 Å². The molecule has 0 spiro atoms. The first-order valence-corrected chi connectivity index (χ1v) is 22.8. The largest absolute Gasteiger partial charge is 0.455 e. The van der Waals surface area contributed by atoms with Crippen LogP contribution in [0.5, 0.6) is 11.5 Å². The minimum absolute atomic E-state index is 0.254. The van der Waals surface area contributed by atoms with Gasteiger partial charge in [0.1, 0.15) is 22.8 Å². The number of fused-ring (bicyclic) bond motifs is 1. The third-order valence-corrected chi connectivity index (χ3v) is 11.8. The van der Waals surface area contributed by atoms with Crippen molar-refractivity contribution >= 4 is 39.6 Å². The molecule has 2 aliphatic heterocycles. The summed E-state index contributed by atoms with van der Waals surface area (Å²) in [5.74, 6) is 0.898. The molecule has 4 N–H and O–H groups in total. The fourth-order valence-electron chi connectivity index (χ4n) is 8.22. The molecular weight excluding hydrogens is 791 g/mol. The lowest BCUT2D eigenvalue weighted by molar-refractivity contribution is 0.0698. The molecule has 2 saturated heterocycles. The Hall–Kier alpha value is -5.56. The number of aromatic amines is 1. The smallest absolute Gasteiger partial charge is 0.278 e. The molecule has 12 heteroatoms. The van der Waals surface area contributed by atoms with Crippen LogP contribution in [0, 0.1) is 30.1 Å². The molecule has 12 nitrogen and oxygen atoms in total. The minimum atomic E-state index is -0.620. The number of hydrogen-bond acceptors (Lipinski definition) is 10. The number of carbonyl (C=O) groups excluding carboxylic acids is 1. The number of nitroso groups, excluding NO2 is 1. The Morgan fingerprint density at radius 2 is 1.65 bits per heavy atom. The zero-order valence-electron chi connectivity index (χ0n) is 38.7. The second-order valence-corrected chi connectivity index (χ2v) is 16.9. The topological polar surface area (TPSA) is 144 Å². The molecule has 63 heavy (non-hydrogen) atoms. The molecule has 2 fully saturated rings. The summed E-state index contributed by atoms with van der Waals surface area (Å²) in [4.78, 5) is 35.5. The summed E-state index contributed by atoms with van der Waals surface area (Å²) in [5, 5.41) is 16.6. The van der Waals surface area contributed by atoms with Gasteiger partial charge in [0.05, 0.1) is 17.4 Å². The fraction of sp³-hybridized carbons (Fsp3) is 0.451. The van der Waals surface area contributed by atoms with Crippen LogP contribution in [0.25, 0.3) is 16.6 Å². The lowest BCUT2D eigenvalue weighted by Crippen LogP contribution is -2.47. The molecule has 0 unspecified atom stereocenters. The van der Waals surface area contributed by atoms with Crippen molar-refractivity contribution < 1.29 is 19.5 Å². The molecule has 0 saturated carbocycles. The SMILES string of the molecule is CC.CC.Cc1ccc(C2=C(CN3CCN(c4ccc(C(=O)NO)c(Oc5cnc6[nH]ccc6c5)c4)CC3)CCC(C)(C)C2)cc1.Cc1ccc(NCC2CCOCC2)c(N=O)c1. The highest BCUT2D eigenvalue weighted by molar-refractivity contribution is 5.97. The monoisotopic (exact) mass is 860 g/mol. The van der Waals surface area contributed by atoms with E-state index >= 15 is 0 Å². The summed E-state index contributed by atoms with van der Waals surface area (Å²) in [6.07, 6.45) is 9.10. The molecule has 1 amide bonds. The number of nitrogens with one attached hydrogen (secondary N) is 3. The molecule has 5 aromatic rings. The molecule has 4 heterocycles. The molecular formula is C51H69N7O5. The number of carbonyl (C=O) groups is 1. The highest BCUT2D eigenvalue weighted by atomic mass is 16.5. The van der Waals surface area contributed by atoms with E-state index in [4.69, 9.17) is 9.47 Å². The van der Waals surface area contributed by atoms with Crippen LogP contribution in [0.4, 0.5) is 17.1 Å². The lowest BCUT2D eigenvalue weighted by atomic mass is 9.72. The van der Waals surface area contributed by atoms with Crippen molar-refractivity contribution in [3.05, 3.63) is 118 Å². The normalized spacial score (nSPS) is 16.4. The minimum Gasteiger partial charge on any atom is -0.455 e. The van der Waals surface area contributed by atoms with Crippen LogP contribution < -0.4 is 20.4 Å². The second-order valence-electron chi connectivity index (χ2n) is 16.9. The Balaban J connectivity index is 0.000000297. The second kappa shape index (κ2) is 23.8. The van der Waals surface area contributed by atoms with Gasteiger partial charge in [-0.1, -0.05) is 83.0 Å². The third-order valence-electron chi connectivity index (χ3n) is 11.8. The molecule has 8 rings (SSSR count). The molecule has 0 bridgehead atoms. The Morgan fingerprint density at radius 3 is 2.35 bits per heavy atom. The summed E-state index contributed by atoms with van der Waals surface area (Å²) < 4.78 is 11.5. The summed E-state index contributed by atoms with van der Waals surface area (Å²) in [5.41, 5.74) is 12.2. The Labute approximate surface area is 374 Å². The van der Waals surface area contributed by atoms with Crippen molar-refractivity contribution in [2.45, 2.75) is 87.5 Å². The summed E-state index contributed by atoms with van der Waals surface area (Å²) in [6.45, 7) is 24.1. The average molecular weight is 860 g/mol. The van der Waals surface area contributed by atoms with Crippen LogP contribution in [0.15, 0.2) is 95.9 Å². The summed E-state index contributed by atoms with van der Waals surface area (Å²) >= 11 is 0. The predicted octanol–water partition coefficient (Wildman–Crippen LogP) is 11.9. The number of piperazine rings is 1. The zero-order valence-corrected chi connectivity index (χ0v) is 38.7. The van der Waals surface area contributed by atoms with Crippen molar-refractivity contribution in [2.75, 3.05) is 62.7 Å². The van der Waals surface area contributed by atoms with Gasteiger partial charge in [-0.05, 0) is 116 Å². The van der Waals surface area contributed by atoms with Gasteiger partial charge >= 0.3 is 0 Å². The molecule has 2 aromatic heterocycles. The van der Waals surface area contributed by atoms with Gasteiger partial charge in [-0.15, -0.1) is 4.91 Å². The highest BCUT2D eigenvalue weighted by Crippen LogP contribution is 2.43. The Kier molecular flexibility index (Phi) is 18.3. The third kappa shape index (κ3) is 13.5. The van der Waals surface area contributed by atoms with E-state index in [9.17, 15) is 14.9 Å². The van der Waals surface area contributed by atoms with Crippen LogP contribution in [0.3, 0.4) is 0 Å². The van der Waals surface area contributed by atoms with E-state index in [0.717, 1.165) is 106 Å². The van der Waals surface area contributed by atoms with Gasteiger partial charge in [0.25, 0.3) is 5.91 Å². The molecule has 3 aliphatic rings. The molecule has 1 aliphatic carbocycles. The number of rotatable bonds is 11. The number of ether oxygens (including phenoxy) is 2. The van der Waals surface area contributed by atoms with E-state index in [1.54, 1.807) is 29.4 Å². The molecule has 3 aromatic carbocycles. The first-order valence-electron chi connectivity index (χ1n) is 22.8. The number of pyridine rings is 1. The first-order chi connectivity index (χ1) is 30.6. The number of aryl methyl sites for hydroxylation is 2. The Morgan fingerprint density at radius 1 is 0.937 bits per heavy atom. The number of nitrogens with zero attached hydrogens (tertiary/aromatic N) is 4.